The molecule has 0 aliphatic rings. The zero-order chi connectivity index (χ0) is 16.7. The molecule has 23 heavy (non-hydrogen) atoms. The van der Waals surface area contributed by atoms with E-state index in [1.807, 2.05) is 0 Å². The Morgan fingerprint density at radius 3 is 2.39 bits per heavy atom. The number of hydrogen-bond donors (Lipinski definition) is 2. The second-order valence-corrected chi connectivity index (χ2v) is 4.83. The molecule has 0 heterocycles. The minimum atomic E-state index is -0.425. The molecule has 0 bridgehead atoms. The Morgan fingerprint density at radius 2 is 1.78 bits per heavy atom. The summed E-state index contributed by atoms with van der Waals surface area (Å²) in [5, 5.41) is 16.9. The van der Waals surface area contributed by atoms with E-state index in [4.69, 9.17) is 0 Å². The number of nitrogens with zero attached hydrogens (tertiary/aromatic N) is 2. The number of nitrogens with one attached hydrogen (secondary N) is 2. The number of benzene rings is 2. The standard InChI is InChI=1S/C16H17FN4O2/c1-18-16(19-10-12-5-7-14(17)8-6-12)20-11-13-3-2-4-15(9-13)21(22)23/h2-9H,10-11H2,1H3,(H2,18,19,20). The summed E-state index contributed by atoms with van der Waals surface area (Å²) < 4.78 is 12.8. The molecule has 6 nitrogen and oxygen atoms in total. The second-order valence-electron chi connectivity index (χ2n) is 4.83. The third kappa shape index (κ3) is 5.06. The van der Waals surface area contributed by atoms with E-state index in [9.17, 15) is 14.5 Å². The van der Waals surface area contributed by atoms with Crippen molar-refractivity contribution in [3.8, 4) is 0 Å². The lowest BCUT2D eigenvalue weighted by molar-refractivity contribution is -0.384. The van der Waals surface area contributed by atoms with Crippen LogP contribution in [0, 0.1) is 15.9 Å². The molecule has 2 rings (SSSR count). The number of non-ortho nitro benzene ring substituents is 1. The number of hydrogen-bond acceptors (Lipinski definition) is 3. The van der Waals surface area contributed by atoms with Gasteiger partial charge in [0.25, 0.3) is 5.69 Å². The van der Waals surface area contributed by atoms with Crippen LogP contribution in [0.1, 0.15) is 11.1 Å². The number of rotatable bonds is 5. The highest BCUT2D eigenvalue weighted by molar-refractivity contribution is 5.79. The Kier molecular flexibility index (Phi) is 5.62. The van der Waals surface area contributed by atoms with Crippen LogP contribution in [0.25, 0.3) is 0 Å². The summed E-state index contributed by atoms with van der Waals surface area (Å²) in [7, 11) is 1.63. The Hall–Kier alpha value is -2.96. The van der Waals surface area contributed by atoms with E-state index >= 15 is 0 Å². The summed E-state index contributed by atoms with van der Waals surface area (Å²) in [6.07, 6.45) is 0. The number of aliphatic imine (C=N–C) groups is 1. The van der Waals surface area contributed by atoms with E-state index in [2.05, 4.69) is 15.6 Å². The molecule has 2 aromatic rings. The highest BCUT2D eigenvalue weighted by atomic mass is 19.1. The average Bonchev–Trinajstić information content (AvgIpc) is 2.57. The average molecular weight is 316 g/mol. The molecule has 0 aliphatic carbocycles. The lowest BCUT2D eigenvalue weighted by Gasteiger charge is -2.12. The molecule has 0 unspecified atom stereocenters. The molecule has 0 saturated carbocycles. The third-order valence-corrected chi connectivity index (χ3v) is 3.18. The smallest absolute Gasteiger partial charge is 0.269 e. The molecule has 7 heteroatoms. The molecule has 0 fully saturated rings. The predicted octanol–water partition coefficient (Wildman–Crippen LogP) is 2.60. The summed E-state index contributed by atoms with van der Waals surface area (Å²) >= 11 is 0. The summed E-state index contributed by atoms with van der Waals surface area (Å²) in [5.41, 5.74) is 1.76. The fraction of sp³-hybridized carbons (Fsp3) is 0.188. The van der Waals surface area contributed by atoms with Gasteiger partial charge in [-0.05, 0) is 23.3 Å². The van der Waals surface area contributed by atoms with Crippen LogP contribution < -0.4 is 10.6 Å². The SMILES string of the molecule is CN=C(NCc1ccc(F)cc1)NCc1cccc([N+](=O)[O-])c1. The molecule has 0 saturated heterocycles. The highest BCUT2D eigenvalue weighted by Gasteiger charge is 2.06. The molecule has 2 aromatic carbocycles. The van der Waals surface area contributed by atoms with Crippen LogP contribution in [-0.2, 0) is 13.1 Å². The molecule has 0 amide bonds. The van der Waals surface area contributed by atoms with Crippen molar-refractivity contribution in [3.05, 3.63) is 75.6 Å². The van der Waals surface area contributed by atoms with Gasteiger partial charge in [0.05, 0.1) is 4.92 Å². The molecule has 0 atom stereocenters. The molecular weight excluding hydrogens is 299 g/mol. The monoisotopic (exact) mass is 316 g/mol. The topological polar surface area (TPSA) is 79.6 Å². The van der Waals surface area contributed by atoms with Gasteiger partial charge >= 0.3 is 0 Å². The highest BCUT2D eigenvalue weighted by Crippen LogP contribution is 2.12. The predicted molar refractivity (Wildman–Crippen MR) is 86.5 cm³/mol. The van der Waals surface area contributed by atoms with Crippen molar-refractivity contribution in [2.24, 2.45) is 4.99 Å². The molecule has 0 aromatic heterocycles. The molecule has 120 valence electrons. The lowest BCUT2D eigenvalue weighted by atomic mass is 10.2. The van der Waals surface area contributed by atoms with Gasteiger partial charge in [-0.25, -0.2) is 4.39 Å². The first-order chi connectivity index (χ1) is 11.1. The molecular formula is C16H17FN4O2. The zero-order valence-electron chi connectivity index (χ0n) is 12.6. The Labute approximate surface area is 133 Å². The van der Waals surface area contributed by atoms with Crippen molar-refractivity contribution in [2.75, 3.05) is 7.05 Å². The van der Waals surface area contributed by atoms with Gasteiger partial charge < -0.3 is 10.6 Å². The molecule has 2 N–H and O–H groups in total. The van der Waals surface area contributed by atoms with Gasteiger partial charge in [-0.1, -0.05) is 24.3 Å². The van der Waals surface area contributed by atoms with Gasteiger partial charge in [0, 0.05) is 32.3 Å². The van der Waals surface area contributed by atoms with Crippen LogP contribution in [0.5, 0.6) is 0 Å². The normalized spacial score (nSPS) is 11.1. The van der Waals surface area contributed by atoms with E-state index in [0.717, 1.165) is 11.1 Å². The molecule has 0 spiro atoms. The number of halogens is 1. The summed E-state index contributed by atoms with van der Waals surface area (Å²) in [4.78, 5) is 14.4. The van der Waals surface area contributed by atoms with Crippen molar-refractivity contribution in [1.29, 1.82) is 0 Å². The fourth-order valence-corrected chi connectivity index (χ4v) is 1.97. The largest absolute Gasteiger partial charge is 0.352 e. The van der Waals surface area contributed by atoms with E-state index in [1.165, 1.54) is 24.3 Å². The van der Waals surface area contributed by atoms with E-state index in [1.54, 1.807) is 31.3 Å². The third-order valence-electron chi connectivity index (χ3n) is 3.18. The van der Waals surface area contributed by atoms with E-state index in [-0.39, 0.29) is 11.5 Å². The van der Waals surface area contributed by atoms with Crippen LogP contribution in [0.2, 0.25) is 0 Å². The number of nitro groups is 1. The summed E-state index contributed by atoms with van der Waals surface area (Å²) in [6, 6.07) is 12.6. The van der Waals surface area contributed by atoms with Crippen LogP contribution >= 0.6 is 0 Å². The van der Waals surface area contributed by atoms with Gasteiger partial charge in [0.2, 0.25) is 0 Å². The van der Waals surface area contributed by atoms with Crippen molar-refractivity contribution in [3.63, 3.8) is 0 Å². The minimum Gasteiger partial charge on any atom is -0.352 e. The maximum atomic E-state index is 12.8. The van der Waals surface area contributed by atoms with Crippen LogP contribution in [0.15, 0.2) is 53.5 Å². The summed E-state index contributed by atoms with van der Waals surface area (Å²) in [6.45, 7) is 0.902. The van der Waals surface area contributed by atoms with Gasteiger partial charge in [0.15, 0.2) is 5.96 Å². The van der Waals surface area contributed by atoms with Crippen LogP contribution in [0.3, 0.4) is 0 Å². The minimum absolute atomic E-state index is 0.0542. The maximum Gasteiger partial charge on any atom is 0.269 e. The second kappa shape index (κ2) is 7.88. The van der Waals surface area contributed by atoms with Crippen molar-refractivity contribution >= 4 is 11.6 Å². The maximum absolute atomic E-state index is 12.8. The first-order valence-corrected chi connectivity index (χ1v) is 7.01. The van der Waals surface area contributed by atoms with Crippen molar-refractivity contribution in [1.82, 2.24) is 10.6 Å². The van der Waals surface area contributed by atoms with Crippen LogP contribution in [0.4, 0.5) is 10.1 Å². The molecule has 0 aliphatic heterocycles. The molecule has 0 radical (unpaired) electrons. The van der Waals surface area contributed by atoms with Gasteiger partial charge in [-0.2, -0.15) is 0 Å². The Bertz CT molecular complexity index is 701. The quantitative estimate of drug-likeness (QED) is 0.384. The van der Waals surface area contributed by atoms with Gasteiger partial charge in [0.1, 0.15) is 5.82 Å². The fourth-order valence-electron chi connectivity index (χ4n) is 1.97. The zero-order valence-corrected chi connectivity index (χ0v) is 12.6. The van der Waals surface area contributed by atoms with Gasteiger partial charge in [-0.15, -0.1) is 0 Å². The summed E-state index contributed by atoms with van der Waals surface area (Å²) in [5.74, 6) is 0.280. The lowest BCUT2D eigenvalue weighted by Crippen LogP contribution is -2.36. The van der Waals surface area contributed by atoms with E-state index in [0.29, 0.717) is 19.0 Å². The first-order valence-electron chi connectivity index (χ1n) is 7.01. The number of guanidine groups is 1. The van der Waals surface area contributed by atoms with Crippen molar-refractivity contribution < 1.29 is 9.31 Å². The van der Waals surface area contributed by atoms with Crippen molar-refractivity contribution in [2.45, 2.75) is 13.1 Å². The Balaban J connectivity index is 1.89. The van der Waals surface area contributed by atoms with E-state index < -0.39 is 4.92 Å². The van der Waals surface area contributed by atoms with Crippen LogP contribution in [-0.4, -0.2) is 17.9 Å². The Morgan fingerprint density at radius 1 is 1.13 bits per heavy atom. The first kappa shape index (κ1) is 16.4. The van der Waals surface area contributed by atoms with Gasteiger partial charge in [-0.3, -0.25) is 15.1 Å². The number of nitro benzene ring substituents is 1.